The fourth-order valence-corrected chi connectivity index (χ4v) is 3.50. The Morgan fingerprint density at radius 2 is 2.28 bits per heavy atom. The molecule has 104 valence electrons. The number of hydrogen-bond acceptors (Lipinski definition) is 4. The highest BCUT2D eigenvalue weighted by Crippen LogP contribution is 2.28. The number of carboxylic acid groups (broad SMARTS) is 1. The summed E-state index contributed by atoms with van der Waals surface area (Å²) in [6, 6.07) is -1.17. The number of carbonyl (C=O) groups is 1. The molecule has 0 bridgehead atoms. The van der Waals surface area contributed by atoms with Gasteiger partial charge >= 0.3 is 5.97 Å². The Bertz CT molecular complexity index is 429. The summed E-state index contributed by atoms with van der Waals surface area (Å²) in [5, 5.41) is 8.20. The molecule has 1 aliphatic rings. The Balaban J connectivity index is 2.75. The van der Waals surface area contributed by atoms with Crippen LogP contribution in [0.15, 0.2) is 12.7 Å². The van der Waals surface area contributed by atoms with Gasteiger partial charge in [0.25, 0.3) is 0 Å². The quantitative estimate of drug-likeness (QED) is 0.690. The van der Waals surface area contributed by atoms with Crippen molar-refractivity contribution in [2.75, 3.05) is 6.61 Å². The minimum atomic E-state index is -3.70. The molecular formula is C11H19NO5S. The van der Waals surface area contributed by atoms with Gasteiger partial charge in [-0.2, -0.15) is 0 Å². The molecule has 0 saturated carbocycles. The van der Waals surface area contributed by atoms with Crippen molar-refractivity contribution in [1.29, 1.82) is 0 Å². The summed E-state index contributed by atoms with van der Waals surface area (Å²) in [7, 11) is -3.70. The number of sulfonamides is 1. The number of carboxylic acids is 1. The molecule has 2 atom stereocenters. The van der Waals surface area contributed by atoms with E-state index in [2.05, 4.69) is 11.3 Å². The second kappa shape index (κ2) is 5.38. The average molecular weight is 277 g/mol. The molecule has 0 aromatic carbocycles. The normalized spacial score (nSPS) is 24.7. The van der Waals surface area contributed by atoms with Crippen LogP contribution >= 0.6 is 0 Å². The van der Waals surface area contributed by atoms with Gasteiger partial charge in [-0.1, -0.05) is 6.08 Å². The minimum Gasteiger partial charge on any atom is -0.480 e. The Kier molecular flexibility index (Phi) is 4.52. The van der Waals surface area contributed by atoms with E-state index in [1.165, 1.54) is 6.08 Å². The minimum absolute atomic E-state index is 0.0472. The van der Waals surface area contributed by atoms with Gasteiger partial charge in [-0.25, -0.2) is 13.1 Å². The summed E-state index contributed by atoms with van der Waals surface area (Å²) in [5.41, 5.74) is -0.490. The Labute approximate surface area is 107 Å². The summed E-state index contributed by atoms with van der Waals surface area (Å²) >= 11 is 0. The first-order valence-electron chi connectivity index (χ1n) is 5.67. The van der Waals surface area contributed by atoms with E-state index in [-0.39, 0.29) is 13.0 Å². The summed E-state index contributed by atoms with van der Waals surface area (Å²) in [6.07, 6.45) is 1.77. The molecule has 0 amide bonds. The molecule has 1 saturated heterocycles. The second-order valence-electron chi connectivity index (χ2n) is 4.97. The smallest absolute Gasteiger partial charge is 0.322 e. The van der Waals surface area contributed by atoms with Crippen LogP contribution in [0.1, 0.15) is 26.7 Å². The van der Waals surface area contributed by atoms with Gasteiger partial charge in [0.2, 0.25) is 10.0 Å². The van der Waals surface area contributed by atoms with Crippen LogP contribution in [0.4, 0.5) is 0 Å². The van der Waals surface area contributed by atoms with E-state index in [1.807, 2.05) is 0 Å². The highest BCUT2D eigenvalue weighted by atomic mass is 32.2. The van der Waals surface area contributed by atoms with Crippen LogP contribution in [-0.4, -0.2) is 43.0 Å². The van der Waals surface area contributed by atoms with E-state index >= 15 is 0 Å². The topological polar surface area (TPSA) is 92.7 Å². The molecule has 6 nitrogen and oxygen atoms in total. The van der Waals surface area contributed by atoms with Crippen molar-refractivity contribution in [3.63, 3.8) is 0 Å². The number of ether oxygens (including phenoxy) is 1. The fraction of sp³-hybridized carbons (Fsp3) is 0.727. The molecule has 0 radical (unpaired) electrons. The summed E-state index contributed by atoms with van der Waals surface area (Å²) < 4.78 is 31.6. The van der Waals surface area contributed by atoms with Crippen molar-refractivity contribution < 1.29 is 23.1 Å². The molecule has 2 unspecified atom stereocenters. The van der Waals surface area contributed by atoms with Crippen LogP contribution in [0.25, 0.3) is 0 Å². The highest BCUT2D eigenvalue weighted by Gasteiger charge is 2.40. The van der Waals surface area contributed by atoms with Crippen molar-refractivity contribution in [1.82, 2.24) is 4.72 Å². The first-order chi connectivity index (χ1) is 8.18. The molecule has 18 heavy (non-hydrogen) atoms. The lowest BCUT2D eigenvalue weighted by atomic mass is 10.1. The Morgan fingerprint density at radius 3 is 2.67 bits per heavy atom. The zero-order valence-electron chi connectivity index (χ0n) is 10.5. The lowest BCUT2D eigenvalue weighted by molar-refractivity contribution is -0.138. The standard InChI is InChI=1S/C11H19NO5S/c1-4-5-9(10(13)14)12-18(15,16)8-6-11(2,3)17-7-8/h4,8-9,12H,1,5-7H2,2-3H3,(H,13,14). The lowest BCUT2D eigenvalue weighted by Crippen LogP contribution is -2.45. The molecule has 0 aromatic heterocycles. The van der Waals surface area contributed by atoms with Crippen molar-refractivity contribution >= 4 is 16.0 Å². The molecule has 7 heteroatoms. The van der Waals surface area contributed by atoms with Crippen LogP contribution in [0.2, 0.25) is 0 Å². The van der Waals surface area contributed by atoms with E-state index in [4.69, 9.17) is 9.84 Å². The maximum atomic E-state index is 12.0. The monoisotopic (exact) mass is 277 g/mol. The molecule has 1 fully saturated rings. The summed E-state index contributed by atoms with van der Waals surface area (Å²) in [6.45, 7) is 7.11. The second-order valence-corrected chi connectivity index (χ2v) is 6.97. The van der Waals surface area contributed by atoms with Crippen LogP contribution in [0.5, 0.6) is 0 Å². The Morgan fingerprint density at radius 1 is 1.67 bits per heavy atom. The summed E-state index contributed by atoms with van der Waals surface area (Å²) in [5.74, 6) is -1.21. The van der Waals surface area contributed by atoms with Gasteiger partial charge in [0, 0.05) is 0 Å². The highest BCUT2D eigenvalue weighted by molar-refractivity contribution is 7.90. The van der Waals surface area contributed by atoms with Gasteiger partial charge in [0.15, 0.2) is 0 Å². The van der Waals surface area contributed by atoms with E-state index < -0.39 is 32.9 Å². The predicted octanol–water partition coefficient (Wildman–Crippen LogP) is 0.503. The molecule has 1 heterocycles. The van der Waals surface area contributed by atoms with Crippen LogP contribution < -0.4 is 4.72 Å². The molecule has 0 aromatic rings. The van der Waals surface area contributed by atoms with E-state index in [0.29, 0.717) is 6.42 Å². The molecule has 2 N–H and O–H groups in total. The number of hydrogen-bond donors (Lipinski definition) is 2. The first kappa shape index (κ1) is 15.1. The predicted molar refractivity (Wildman–Crippen MR) is 66.7 cm³/mol. The Hall–Kier alpha value is -0.920. The van der Waals surface area contributed by atoms with Gasteiger partial charge < -0.3 is 9.84 Å². The van der Waals surface area contributed by atoms with Crippen LogP contribution in [0, 0.1) is 0 Å². The maximum Gasteiger partial charge on any atom is 0.322 e. The van der Waals surface area contributed by atoms with Gasteiger partial charge in [0.1, 0.15) is 11.3 Å². The third kappa shape index (κ3) is 3.79. The number of rotatable bonds is 6. The molecule has 0 aliphatic carbocycles. The molecule has 1 rings (SSSR count). The zero-order chi connectivity index (χ0) is 14.0. The zero-order valence-corrected chi connectivity index (χ0v) is 11.4. The van der Waals surface area contributed by atoms with Crippen molar-refractivity contribution in [2.24, 2.45) is 0 Å². The SMILES string of the molecule is C=CCC(NS(=O)(=O)C1COC(C)(C)C1)C(=O)O. The van der Waals surface area contributed by atoms with Crippen molar-refractivity contribution in [3.05, 3.63) is 12.7 Å². The van der Waals surface area contributed by atoms with Crippen molar-refractivity contribution in [3.8, 4) is 0 Å². The van der Waals surface area contributed by atoms with Gasteiger partial charge in [-0.05, 0) is 26.7 Å². The molecule has 0 spiro atoms. The third-order valence-electron chi connectivity index (χ3n) is 2.83. The van der Waals surface area contributed by atoms with E-state index in [1.54, 1.807) is 13.8 Å². The number of aliphatic carboxylic acids is 1. The van der Waals surface area contributed by atoms with Crippen molar-refractivity contribution in [2.45, 2.75) is 43.6 Å². The third-order valence-corrected chi connectivity index (χ3v) is 4.62. The largest absolute Gasteiger partial charge is 0.480 e. The first-order valence-corrected chi connectivity index (χ1v) is 7.21. The molecular weight excluding hydrogens is 258 g/mol. The lowest BCUT2D eigenvalue weighted by Gasteiger charge is -2.18. The van der Waals surface area contributed by atoms with E-state index in [0.717, 1.165) is 0 Å². The summed E-state index contributed by atoms with van der Waals surface area (Å²) in [4.78, 5) is 10.9. The van der Waals surface area contributed by atoms with Gasteiger partial charge in [-0.3, -0.25) is 4.79 Å². The van der Waals surface area contributed by atoms with Crippen LogP contribution in [0.3, 0.4) is 0 Å². The molecule has 1 aliphatic heterocycles. The average Bonchev–Trinajstić information content (AvgIpc) is 2.58. The maximum absolute atomic E-state index is 12.0. The van der Waals surface area contributed by atoms with Gasteiger partial charge in [0.05, 0.1) is 12.2 Å². The number of nitrogens with one attached hydrogen (secondary N) is 1. The fourth-order valence-electron chi connectivity index (χ4n) is 1.84. The van der Waals surface area contributed by atoms with Crippen LogP contribution in [-0.2, 0) is 19.6 Å². The van der Waals surface area contributed by atoms with E-state index in [9.17, 15) is 13.2 Å². The van der Waals surface area contributed by atoms with Gasteiger partial charge in [-0.15, -0.1) is 6.58 Å².